The molecule has 2 aromatic heterocycles. The lowest BCUT2D eigenvalue weighted by Crippen LogP contribution is -2.45. The quantitative estimate of drug-likeness (QED) is 0.371. The van der Waals surface area contributed by atoms with Gasteiger partial charge in [0, 0.05) is 21.1 Å². The lowest BCUT2D eigenvalue weighted by molar-refractivity contribution is -0.169. The highest BCUT2D eigenvalue weighted by Gasteiger charge is 2.54. The maximum atomic E-state index is 13.5. The second kappa shape index (κ2) is 7.30. The lowest BCUT2D eigenvalue weighted by atomic mass is 9.86. The smallest absolute Gasteiger partial charge is 0.458 e. The summed E-state index contributed by atoms with van der Waals surface area (Å²) in [5.41, 5.74) is 3.78. The highest BCUT2D eigenvalue weighted by Crippen LogP contribution is 2.45. The largest absolute Gasteiger partial charge is 0.696 e. The van der Waals surface area contributed by atoms with E-state index in [1.165, 1.54) is 0 Å². The fraction of sp³-hybridized carbons (Fsp3) is 0.348. The van der Waals surface area contributed by atoms with Crippen molar-refractivity contribution in [1.29, 1.82) is 0 Å². The Balaban J connectivity index is 1.82. The summed E-state index contributed by atoms with van der Waals surface area (Å²) in [6, 6.07) is 7.78. The van der Waals surface area contributed by atoms with E-state index in [4.69, 9.17) is 14.2 Å². The number of cyclic esters (lactones) is 1. The van der Waals surface area contributed by atoms with E-state index in [0.717, 1.165) is 34.0 Å². The number of benzene rings is 1. The summed E-state index contributed by atoms with van der Waals surface area (Å²) in [6.07, 6.45) is 0.822. The van der Waals surface area contributed by atoms with E-state index >= 15 is 0 Å². The van der Waals surface area contributed by atoms with Crippen LogP contribution >= 0.6 is 8.25 Å². The molecule has 0 aliphatic carbocycles. The van der Waals surface area contributed by atoms with Crippen molar-refractivity contribution in [3.05, 3.63) is 62.4 Å². The molecule has 0 radical (unpaired) electrons. The second-order valence-corrected chi connectivity index (χ2v) is 8.85. The number of rotatable bonds is 4. The van der Waals surface area contributed by atoms with Gasteiger partial charge in [0.05, 0.1) is 29.0 Å². The van der Waals surface area contributed by atoms with Crippen LogP contribution in [0.5, 0.6) is 0 Å². The summed E-state index contributed by atoms with van der Waals surface area (Å²) in [4.78, 5) is 40.5. The molecule has 9 heteroatoms. The average Bonchev–Trinajstić information content (AvgIpc) is 3.12. The Morgan fingerprint density at radius 2 is 2.03 bits per heavy atom. The third-order valence-electron chi connectivity index (χ3n) is 6.52. The molecule has 2 aliphatic rings. The highest BCUT2D eigenvalue weighted by atomic mass is 31.1. The molecule has 0 saturated heterocycles. The molecule has 0 spiro atoms. The number of carbonyl (C=O) groups is 1. The summed E-state index contributed by atoms with van der Waals surface area (Å²) >= 11 is 0. The highest BCUT2D eigenvalue weighted by molar-refractivity contribution is 7.32. The Hall–Kier alpha value is -2.93. The third-order valence-corrected chi connectivity index (χ3v) is 6.98. The number of carbonyl (C=O) groups excluding carboxylic acids is 1. The topological polar surface area (TPSA) is 108 Å². The first-order chi connectivity index (χ1) is 15.3. The minimum atomic E-state index is -3.11. The van der Waals surface area contributed by atoms with Gasteiger partial charge >= 0.3 is 14.2 Å². The Bertz CT molecular complexity index is 1400. The Kier molecular flexibility index (Phi) is 4.78. The van der Waals surface area contributed by atoms with Gasteiger partial charge in [0.25, 0.3) is 5.56 Å². The number of pyridine rings is 2. The molecule has 2 atom stereocenters. The zero-order valence-corrected chi connectivity index (χ0v) is 18.9. The molecule has 4 heterocycles. The molecular formula is C23H22N2O6P+. The van der Waals surface area contributed by atoms with Crippen LogP contribution in [0.3, 0.4) is 0 Å². The zero-order chi connectivity index (χ0) is 22.8. The van der Waals surface area contributed by atoms with E-state index in [9.17, 15) is 19.0 Å². The van der Waals surface area contributed by atoms with Gasteiger partial charge in [-0.2, -0.15) is 0 Å². The van der Waals surface area contributed by atoms with Crippen molar-refractivity contribution in [2.45, 2.75) is 52.4 Å². The Morgan fingerprint density at radius 1 is 1.25 bits per heavy atom. The van der Waals surface area contributed by atoms with Gasteiger partial charge in [-0.05, 0) is 43.5 Å². The van der Waals surface area contributed by atoms with Gasteiger partial charge in [0.2, 0.25) is 5.60 Å². The molecule has 0 amide bonds. The number of ether oxygens (including phenoxy) is 1. The maximum absolute atomic E-state index is 13.5. The number of esters is 1. The number of fused-ring (bicyclic) bond motifs is 5. The summed E-state index contributed by atoms with van der Waals surface area (Å²) in [7, 11) is -3.11. The minimum absolute atomic E-state index is 0.0425. The van der Waals surface area contributed by atoms with E-state index < -0.39 is 19.8 Å². The van der Waals surface area contributed by atoms with Crippen LogP contribution < -0.4 is 5.56 Å². The van der Waals surface area contributed by atoms with Crippen LogP contribution in [-0.4, -0.2) is 20.4 Å². The van der Waals surface area contributed by atoms with Crippen molar-refractivity contribution in [3.63, 3.8) is 0 Å². The van der Waals surface area contributed by atoms with Gasteiger partial charge in [-0.25, -0.2) is 9.78 Å². The predicted octanol–water partition coefficient (Wildman–Crippen LogP) is 3.62. The average molecular weight is 453 g/mol. The van der Waals surface area contributed by atoms with Crippen LogP contribution in [0.1, 0.15) is 48.1 Å². The summed E-state index contributed by atoms with van der Waals surface area (Å²) in [5, 5.41) is 1.07. The van der Waals surface area contributed by atoms with Crippen molar-refractivity contribution >= 4 is 25.1 Å². The van der Waals surface area contributed by atoms with Crippen LogP contribution in [0.25, 0.3) is 22.3 Å². The van der Waals surface area contributed by atoms with Gasteiger partial charge in [-0.15, -0.1) is 4.89 Å². The first-order valence-corrected chi connectivity index (χ1v) is 11.7. The van der Waals surface area contributed by atoms with Crippen molar-refractivity contribution in [2.24, 2.45) is 0 Å². The normalized spacial score (nSPS) is 19.4. The molecule has 0 bridgehead atoms. The van der Waals surface area contributed by atoms with Crippen molar-refractivity contribution < 1.29 is 23.5 Å². The van der Waals surface area contributed by atoms with Crippen LogP contribution in [0.4, 0.5) is 0 Å². The first kappa shape index (κ1) is 20.9. The summed E-state index contributed by atoms with van der Waals surface area (Å²) in [5.74, 6) is -0.774. The molecule has 0 fully saturated rings. The molecule has 164 valence electrons. The van der Waals surface area contributed by atoms with E-state index in [-0.39, 0.29) is 29.7 Å². The molecule has 2 aliphatic heterocycles. The molecule has 1 N–H and O–H groups in total. The Morgan fingerprint density at radius 3 is 2.72 bits per heavy atom. The summed E-state index contributed by atoms with van der Waals surface area (Å²) in [6.45, 7) is 5.93. The number of hydrogen-bond donors (Lipinski definition) is 1. The van der Waals surface area contributed by atoms with E-state index in [1.807, 2.05) is 19.1 Å². The maximum Gasteiger partial charge on any atom is 0.696 e. The second-order valence-electron chi connectivity index (χ2n) is 8.19. The fourth-order valence-electron chi connectivity index (χ4n) is 4.95. The van der Waals surface area contributed by atoms with E-state index in [0.29, 0.717) is 17.9 Å². The lowest BCUT2D eigenvalue weighted by Gasteiger charge is -2.31. The molecular weight excluding hydrogens is 431 g/mol. The molecule has 1 unspecified atom stereocenters. The molecule has 5 rings (SSSR count). The standard InChI is InChI=1S/C23H21N2O6P/c1-4-13-14-8-12(3)6-7-18(14)24-20-15(13)10-25-19(20)9-17-16(21(25)26)11-30-22(27)23(17,5-2)31-32(28)29/h6-9H,4-5,10-11H2,1-3H3/p+1/t23-/m0/s1. The zero-order valence-electron chi connectivity index (χ0n) is 18.0. The summed E-state index contributed by atoms with van der Waals surface area (Å²) < 4.78 is 23.7. The van der Waals surface area contributed by atoms with Gasteiger partial charge in [0.15, 0.2) is 0 Å². The van der Waals surface area contributed by atoms with Crippen molar-refractivity contribution in [3.8, 4) is 11.4 Å². The molecule has 32 heavy (non-hydrogen) atoms. The Labute approximate surface area is 184 Å². The van der Waals surface area contributed by atoms with Gasteiger partial charge in [-0.1, -0.05) is 30.0 Å². The molecule has 3 aromatic rings. The molecule has 1 aromatic carbocycles. The number of nitrogens with zero attached hydrogens (tertiary/aromatic N) is 2. The van der Waals surface area contributed by atoms with Crippen LogP contribution in [0.15, 0.2) is 29.1 Å². The third kappa shape index (κ3) is 2.80. The van der Waals surface area contributed by atoms with Crippen molar-refractivity contribution in [1.82, 2.24) is 9.55 Å². The first-order valence-electron chi connectivity index (χ1n) is 10.5. The van der Waals surface area contributed by atoms with Crippen LogP contribution in [0.2, 0.25) is 0 Å². The van der Waals surface area contributed by atoms with Crippen LogP contribution in [0, 0.1) is 6.92 Å². The number of aromatic nitrogens is 2. The van der Waals surface area contributed by atoms with Crippen LogP contribution in [-0.2, 0) is 43.8 Å². The number of hydrogen-bond acceptors (Lipinski definition) is 6. The fourth-order valence-corrected chi connectivity index (χ4v) is 5.52. The van der Waals surface area contributed by atoms with E-state index in [1.54, 1.807) is 17.6 Å². The van der Waals surface area contributed by atoms with Gasteiger partial charge < -0.3 is 9.30 Å². The van der Waals surface area contributed by atoms with Gasteiger partial charge in [0.1, 0.15) is 6.61 Å². The minimum Gasteiger partial charge on any atom is -0.458 e. The van der Waals surface area contributed by atoms with Crippen molar-refractivity contribution in [2.75, 3.05) is 0 Å². The van der Waals surface area contributed by atoms with E-state index in [2.05, 4.69) is 13.0 Å². The number of aryl methyl sites for hydroxylation is 2. The van der Waals surface area contributed by atoms with Gasteiger partial charge in [-0.3, -0.25) is 4.79 Å². The molecule has 8 nitrogen and oxygen atoms in total. The SMILES string of the molecule is CCc1c2c(nc3ccc(C)cc13)-c1cc3c(c(=O)n1C2)COC(=O)[C@@]3(CC)O[P+](=O)O. The predicted molar refractivity (Wildman–Crippen MR) is 117 cm³/mol. The monoisotopic (exact) mass is 453 g/mol. The molecule has 0 saturated carbocycles.